The number of carbonyl (C=O) groups is 1. The maximum atomic E-state index is 12.6. The van der Waals surface area contributed by atoms with Crippen molar-refractivity contribution in [1.29, 1.82) is 0 Å². The van der Waals surface area contributed by atoms with Gasteiger partial charge in [-0.3, -0.25) is 4.79 Å². The van der Waals surface area contributed by atoms with Crippen LogP contribution in [0.5, 0.6) is 0 Å². The molecule has 0 heterocycles. The predicted molar refractivity (Wildman–Crippen MR) is 125 cm³/mol. The fraction of sp³-hybridized carbons (Fsp3) is 0.107. The van der Waals surface area contributed by atoms with Crippen molar-refractivity contribution >= 4 is 11.6 Å². The van der Waals surface area contributed by atoms with Crippen LogP contribution in [0.4, 0.5) is 5.69 Å². The van der Waals surface area contributed by atoms with E-state index in [1.165, 1.54) is 11.1 Å². The highest BCUT2D eigenvalue weighted by molar-refractivity contribution is 5.92. The Morgan fingerprint density at radius 2 is 1.30 bits per heavy atom. The number of amides is 1. The van der Waals surface area contributed by atoms with Crippen molar-refractivity contribution in [2.24, 2.45) is 0 Å². The summed E-state index contributed by atoms with van der Waals surface area (Å²) < 4.78 is 0. The smallest absolute Gasteiger partial charge is 0.224 e. The zero-order valence-electron chi connectivity index (χ0n) is 17.4. The summed E-state index contributed by atoms with van der Waals surface area (Å²) in [4.78, 5) is 14.4. The first-order chi connectivity index (χ1) is 14.6. The number of rotatable bonds is 5. The van der Waals surface area contributed by atoms with E-state index >= 15 is 0 Å². The summed E-state index contributed by atoms with van der Waals surface area (Å²) in [5.41, 5.74) is 7.84. The van der Waals surface area contributed by atoms with E-state index in [0.717, 1.165) is 27.9 Å². The van der Waals surface area contributed by atoms with Gasteiger partial charge in [0.05, 0.1) is 6.54 Å². The van der Waals surface area contributed by atoms with Crippen molar-refractivity contribution in [3.63, 3.8) is 0 Å². The highest BCUT2D eigenvalue weighted by atomic mass is 16.2. The summed E-state index contributed by atoms with van der Waals surface area (Å²) in [6.45, 7) is 4.20. The van der Waals surface area contributed by atoms with E-state index < -0.39 is 0 Å². The van der Waals surface area contributed by atoms with Crippen LogP contribution >= 0.6 is 0 Å². The molecule has 0 fully saturated rings. The molecule has 2 heteroatoms. The van der Waals surface area contributed by atoms with E-state index in [0.29, 0.717) is 6.54 Å². The SMILES string of the molecule is CC(=O)N(Cc1cc(-c2ccccc2)ccc1-c1ccccc1)c1ccc(C)cc1. The Bertz CT molecular complexity index is 1130. The number of benzene rings is 4. The van der Waals surface area contributed by atoms with Gasteiger partial charge in [-0.1, -0.05) is 90.5 Å². The summed E-state index contributed by atoms with van der Waals surface area (Å²) in [5, 5.41) is 0. The quantitative estimate of drug-likeness (QED) is 0.363. The monoisotopic (exact) mass is 391 g/mol. The van der Waals surface area contributed by atoms with Gasteiger partial charge < -0.3 is 4.90 Å². The van der Waals surface area contributed by atoms with Crippen molar-refractivity contribution < 1.29 is 4.79 Å². The molecule has 1 amide bonds. The number of aryl methyl sites for hydroxylation is 1. The molecule has 30 heavy (non-hydrogen) atoms. The van der Waals surface area contributed by atoms with Gasteiger partial charge in [-0.15, -0.1) is 0 Å². The van der Waals surface area contributed by atoms with Crippen molar-refractivity contribution in [1.82, 2.24) is 0 Å². The van der Waals surface area contributed by atoms with E-state index in [-0.39, 0.29) is 5.91 Å². The molecule has 0 radical (unpaired) electrons. The second-order valence-electron chi connectivity index (χ2n) is 7.54. The van der Waals surface area contributed by atoms with Crippen LogP contribution in [0.15, 0.2) is 103 Å². The molecule has 0 saturated heterocycles. The summed E-state index contributed by atoms with van der Waals surface area (Å²) >= 11 is 0. The first kappa shape index (κ1) is 19.7. The maximum absolute atomic E-state index is 12.6. The average molecular weight is 392 g/mol. The minimum Gasteiger partial charge on any atom is -0.308 e. The molecular weight excluding hydrogens is 366 g/mol. The van der Waals surface area contributed by atoms with Crippen LogP contribution in [0.3, 0.4) is 0 Å². The molecule has 4 aromatic carbocycles. The van der Waals surface area contributed by atoms with E-state index in [2.05, 4.69) is 49.4 Å². The summed E-state index contributed by atoms with van der Waals surface area (Å²) in [5.74, 6) is 0.0305. The molecule has 148 valence electrons. The third-order valence-corrected chi connectivity index (χ3v) is 5.35. The van der Waals surface area contributed by atoms with E-state index in [1.54, 1.807) is 6.92 Å². The van der Waals surface area contributed by atoms with Gasteiger partial charge in [0, 0.05) is 12.6 Å². The normalized spacial score (nSPS) is 10.6. The molecule has 0 spiro atoms. The zero-order chi connectivity index (χ0) is 20.9. The van der Waals surface area contributed by atoms with Crippen molar-refractivity contribution in [2.45, 2.75) is 20.4 Å². The van der Waals surface area contributed by atoms with E-state index in [1.807, 2.05) is 65.6 Å². The van der Waals surface area contributed by atoms with Crippen molar-refractivity contribution in [3.05, 3.63) is 114 Å². The lowest BCUT2D eigenvalue weighted by Crippen LogP contribution is -2.28. The third-order valence-electron chi connectivity index (χ3n) is 5.35. The first-order valence-corrected chi connectivity index (χ1v) is 10.2. The molecule has 2 nitrogen and oxygen atoms in total. The topological polar surface area (TPSA) is 20.3 Å². The molecule has 0 aliphatic heterocycles. The van der Waals surface area contributed by atoms with E-state index in [9.17, 15) is 4.79 Å². The maximum Gasteiger partial charge on any atom is 0.224 e. The highest BCUT2D eigenvalue weighted by Crippen LogP contribution is 2.31. The largest absolute Gasteiger partial charge is 0.308 e. The van der Waals surface area contributed by atoms with Gasteiger partial charge in [-0.25, -0.2) is 0 Å². The van der Waals surface area contributed by atoms with Crippen LogP contribution in [0.25, 0.3) is 22.3 Å². The molecule has 0 bridgehead atoms. The average Bonchev–Trinajstić information content (AvgIpc) is 2.79. The number of anilines is 1. The Morgan fingerprint density at radius 1 is 0.700 bits per heavy atom. The molecule has 0 atom stereocenters. The van der Waals surface area contributed by atoms with Gasteiger partial charge in [0.15, 0.2) is 0 Å². The van der Waals surface area contributed by atoms with Gasteiger partial charge in [0.2, 0.25) is 5.91 Å². The minimum atomic E-state index is 0.0305. The molecular formula is C28H25NO. The molecule has 0 aromatic heterocycles. The molecule has 0 saturated carbocycles. The Morgan fingerprint density at radius 3 is 1.90 bits per heavy atom. The fourth-order valence-electron chi connectivity index (χ4n) is 3.71. The third kappa shape index (κ3) is 4.33. The Balaban J connectivity index is 1.80. The van der Waals surface area contributed by atoms with Crippen LogP contribution in [0.2, 0.25) is 0 Å². The van der Waals surface area contributed by atoms with Crippen LogP contribution in [-0.2, 0) is 11.3 Å². The fourth-order valence-corrected chi connectivity index (χ4v) is 3.71. The van der Waals surface area contributed by atoms with E-state index in [4.69, 9.17) is 0 Å². The number of carbonyl (C=O) groups excluding carboxylic acids is 1. The van der Waals surface area contributed by atoms with Gasteiger partial charge in [0.25, 0.3) is 0 Å². The Kier molecular flexibility index (Phi) is 5.76. The summed E-state index contributed by atoms with van der Waals surface area (Å²) in [7, 11) is 0. The van der Waals surface area contributed by atoms with Gasteiger partial charge in [-0.2, -0.15) is 0 Å². The molecule has 4 aromatic rings. The van der Waals surface area contributed by atoms with Crippen LogP contribution in [0, 0.1) is 6.92 Å². The first-order valence-electron chi connectivity index (χ1n) is 10.2. The van der Waals surface area contributed by atoms with Crippen molar-refractivity contribution in [2.75, 3.05) is 4.90 Å². The predicted octanol–water partition coefficient (Wildman–Crippen LogP) is 6.88. The molecule has 0 aliphatic rings. The number of nitrogens with zero attached hydrogens (tertiary/aromatic N) is 1. The van der Waals surface area contributed by atoms with Crippen LogP contribution in [0.1, 0.15) is 18.1 Å². The lowest BCUT2D eigenvalue weighted by molar-refractivity contribution is -0.116. The summed E-state index contributed by atoms with van der Waals surface area (Å²) in [6, 6.07) is 35.4. The van der Waals surface area contributed by atoms with Crippen LogP contribution in [-0.4, -0.2) is 5.91 Å². The lowest BCUT2D eigenvalue weighted by Gasteiger charge is -2.24. The standard InChI is InChI=1S/C28H25NO/c1-21-13-16-27(17-14-21)29(22(2)30)20-26-19-25(23-9-5-3-6-10-23)15-18-28(26)24-11-7-4-8-12-24/h3-19H,20H2,1-2H3. The highest BCUT2D eigenvalue weighted by Gasteiger charge is 2.16. The van der Waals surface area contributed by atoms with Crippen LogP contribution < -0.4 is 4.90 Å². The summed E-state index contributed by atoms with van der Waals surface area (Å²) in [6.07, 6.45) is 0. The zero-order valence-corrected chi connectivity index (χ0v) is 17.4. The molecule has 0 unspecified atom stereocenters. The van der Waals surface area contributed by atoms with Gasteiger partial charge in [-0.05, 0) is 52.9 Å². The molecule has 4 rings (SSSR count). The lowest BCUT2D eigenvalue weighted by atomic mass is 9.94. The Labute approximate surface area is 178 Å². The van der Waals surface area contributed by atoms with Gasteiger partial charge >= 0.3 is 0 Å². The second-order valence-corrected chi connectivity index (χ2v) is 7.54. The Hall–Kier alpha value is -3.65. The number of hydrogen-bond acceptors (Lipinski definition) is 1. The molecule has 0 N–H and O–H groups in total. The van der Waals surface area contributed by atoms with Gasteiger partial charge in [0.1, 0.15) is 0 Å². The van der Waals surface area contributed by atoms with Crippen molar-refractivity contribution in [3.8, 4) is 22.3 Å². The minimum absolute atomic E-state index is 0.0305. The molecule has 0 aliphatic carbocycles. The number of hydrogen-bond donors (Lipinski definition) is 0. The second kappa shape index (κ2) is 8.79.